The Morgan fingerprint density at radius 3 is 2.50 bits per heavy atom. The maximum absolute atomic E-state index is 11.9. The number of hydrogen-bond donors (Lipinski definition) is 0. The molecule has 1 aromatic rings. The second-order valence-electron chi connectivity index (χ2n) is 4.04. The summed E-state index contributed by atoms with van der Waals surface area (Å²) in [7, 11) is 3.95. The zero-order valence-electron chi connectivity index (χ0n) is 9.64. The molecule has 86 valence electrons. The zero-order valence-corrected chi connectivity index (χ0v) is 9.64. The lowest BCUT2D eigenvalue weighted by Crippen LogP contribution is -2.26. The van der Waals surface area contributed by atoms with Crippen LogP contribution in [0.2, 0.25) is 0 Å². The highest BCUT2D eigenvalue weighted by molar-refractivity contribution is 5.94. The largest absolute Gasteiger partial charge is 0.378 e. The van der Waals surface area contributed by atoms with Gasteiger partial charge in [-0.1, -0.05) is 0 Å². The quantitative estimate of drug-likeness (QED) is 0.757. The maximum Gasteiger partial charge on any atom is 0.277 e. The van der Waals surface area contributed by atoms with E-state index in [0.29, 0.717) is 18.7 Å². The van der Waals surface area contributed by atoms with Crippen LogP contribution in [0.4, 0.5) is 5.69 Å². The van der Waals surface area contributed by atoms with Gasteiger partial charge in [-0.2, -0.15) is 0 Å². The summed E-state index contributed by atoms with van der Waals surface area (Å²) < 4.78 is 0. The van der Waals surface area contributed by atoms with E-state index in [9.17, 15) is 4.79 Å². The monoisotopic (exact) mass is 220 g/mol. The smallest absolute Gasteiger partial charge is 0.277 e. The van der Waals surface area contributed by atoms with Crippen molar-refractivity contribution in [2.45, 2.75) is 6.42 Å². The number of anilines is 1. The normalized spacial score (nSPS) is 15.2. The van der Waals surface area contributed by atoms with Gasteiger partial charge in [0.05, 0.1) is 13.2 Å². The van der Waals surface area contributed by atoms with Crippen LogP contribution >= 0.6 is 0 Å². The van der Waals surface area contributed by atoms with E-state index >= 15 is 0 Å². The molecule has 2 rings (SSSR count). The Hall–Kier alpha value is -1.55. The van der Waals surface area contributed by atoms with Crippen molar-refractivity contribution in [1.82, 2.24) is 5.06 Å². The third-order valence-electron chi connectivity index (χ3n) is 2.61. The summed E-state index contributed by atoms with van der Waals surface area (Å²) in [6, 6.07) is 7.53. The van der Waals surface area contributed by atoms with Crippen LogP contribution < -0.4 is 4.90 Å². The zero-order chi connectivity index (χ0) is 11.5. The summed E-state index contributed by atoms with van der Waals surface area (Å²) in [6.45, 7) is 1.33. The van der Waals surface area contributed by atoms with Gasteiger partial charge in [0.25, 0.3) is 5.91 Å². The molecule has 0 radical (unpaired) electrons. The van der Waals surface area contributed by atoms with E-state index in [0.717, 1.165) is 12.1 Å². The summed E-state index contributed by atoms with van der Waals surface area (Å²) in [5, 5.41) is 1.44. The molecule has 0 spiro atoms. The number of carbonyl (C=O) groups excluding carboxylic acids is 1. The lowest BCUT2D eigenvalue weighted by Gasteiger charge is -2.15. The van der Waals surface area contributed by atoms with E-state index < -0.39 is 0 Å². The number of carbonyl (C=O) groups is 1. The van der Waals surface area contributed by atoms with E-state index in [4.69, 9.17) is 4.84 Å². The predicted octanol–water partition coefficient (Wildman–Crippen LogP) is 1.53. The van der Waals surface area contributed by atoms with Crippen LogP contribution in [0.5, 0.6) is 0 Å². The lowest BCUT2D eigenvalue weighted by atomic mass is 10.2. The molecule has 4 heteroatoms. The van der Waals surface area contributed by atoms with E-state index in [2.05, 4.69) is 0 Å². The summed E-state index contributed by atoms with van der Waals surface area (Å²) in [6.07, 6.45) is 0.918. The Morgan fingerprint density at radius 2 is 2.00 bits per heavy atom. The minimum atomic E-state index is -0.0530. The van der Waals surface area contributed by atoms with Crippen molar-refractivity contribution in [2.75, 3.05) is 32.1 Å². The van der Waals surface area contributed by atoms with Gasteiger partial charge in [0.2, 0.25) is 0 Å². The highest BCUT2D eigenvalue weighted by Gasteiger charge is 2.20. The fourth-order valence-electron chi connectivity index (χ4n) is 1.65. The van der Waals surface area contributed by atoms with E-state index in [1.54, 1.807) is 0 Å². The molecule has 0 N–H and O–H groups in total. The third kappa shape index (κ3) is 2.17. The average molecular weight is 220 g/mol. The first kappa shape index (κ1) is 11.0. The van der Waals surface area contributed by atoms with Crippen molar-refractivity contribution in [3.8, 4) is 0 Å². The summed E-state index contributed by atoms with van der Waals surface area (Å²) in [4.78, 5) is 19.1. The van der Waals surface area contributed by atoms with Crippen LogP contribution in [0.25, 0.3) is 0 Å². The molecule has 1 aliphatic heterocycles. The van der Waals surface area contributed by atoms with Crippen molar-refractivity contribution in [1.29, 1.82) is 0 Å². The number of hydrogen-bond acceptors (Lipinski definition) is 3. The molecule has 4 nitrogen and oxygen atoms in total. The Morgan fingerprint density at radius 1 is 1.31 bits per heavy atom. The van der Waals surface area contributed by atoms with Crippen molar-refractivity contribution in [3.05, 3.63) is 29.8 Å². The van der Waals surface area contributed by atoms with Crippen LogP contribution in [0, 0.1) is 0 Å². The van der Waals surface area contributed by atoms with Crippen LogP contribution in [-0.4, -0.2) is 38.2 Å². The number of amides is 1. The number of hydroxylamine groups is 2. The molecule has 0 unspecified atom stereocenters. The first-order chi connectivity index (χ1) is 7.68. The Labute approximate surface area is 95.4 Å². The van der Waals surface area contributed by atoms with Gasteiger partial charge in [-0.3, -0.25) is 9.63 Å². The fraction of sp³-hybridized carbons (Fsp3) is 0.417. The first-order valence-electron chi connectivity index (χ1n) is 5.40. The molecule has 16 heavy (non-hydrogen) atoms. The lowest BCUT2D eigenvalue weighted by molar-refractivity contribution is -0.0768. The highest BCUT2D eigenvalue weighted by Crippen LogP contribution is 2.15. The van der Waals surface area contributed by atoms with Crippen LogP contribution in [-0.2, 0) is 4.84 Å². The van der Waals surface area contributed by atoms with Crippen molar-refractivity contribution in [2.24, 2.45) is 0 Å². The minimum Gasteiger partial charge on any atom is -0.378 e. The van der Waals surface area contributed by atoms with Gasteiger partial charge in [-0.25, -0.2) is 5.06 Å². The van der Waals surface area contributed by atoms with Gasteiger partial charge in [0.1, 0.15) is 0 Å². The van der Waals surface area contributed by atoms with Crippen molar-refractivity contribution in [3.63, 3.8) is 0 Å². The third-order valence-corrected chi connectivity index (χ3v) is 2.61. The van der Waals surface area contributed by atoms with Crippen LogP contribution in [0.15, 0.2) is 24.3 Å². The Bertz CT molecular complexity index is 367. The van der Waals surface area contributed by atoms with Gasteiger partial charge in [-0.15, -0.1) is 0 Å². The first-order valence-corrected chi connectivity index (χ1v) is 5.40. The van der Waals surface area contributed by atoms with E-state index in [1.807, 2.05) is 43.3 Å². The standard InChI is InChI=1S/C12H16N2O2/c1-13(2)11-6-4-10(5-7-11)12(15)14-8-3-9-16-14/h4-7H,3,8-9H2,1-2H3. The summed E-state index contributed by atoms with van der Waals surface area (Å²) in [5.74, 6) is -0.0530. The SMILES string of the molecule is CN(C)c1ccc(C(=O)N2CCCO2)cc1. The molecule has 0 atom stereocenters. The number of benzene rings is 1. The van der Waals surface area contributed by atoms with Crippen LogP contribution in [0.3, 0.4) is 0 Å². The Balaban J connectivity index is 2.11. The minimum absolute atomic E-state index is 0.0530. The molecule has 1 fully saturated rings. The van der Waals surface area contributed by atoms with Gasteiger partial charge >= 0.3 is 0 Å². The second-order valence-corrected chi connectivity index (χ2v) is 4.04. The topological polar surface area (TPSA) is 32.8 Å². The number of nitrogens with zero attached hydrogens (tertiary/aromatic N) is 2. The molecular formula is C12H16N2O2. The van der Waals surface area contributed by atoms with E-state index in [1.165, 1.54) is 5.06 Å². The maximum atomic E-state index is 11.9. The second kappa shape index (κ2) is 4.53. The molecule has 1 amide bonds. The average Bonchev–Trinajstić information content (AvgIpc) is 2.81. The molecule has 0 aliphatic carbocycles. The van der Waals surface area contributed by atoms with Crippen LogP contribution in [0.1, 0.15) is 16.8 Å². The molecule has 1 aliphatic rings. The van der Waals surface area contributed by atoms with Gasteiger partial charge in [-0.05, 0) is 30.7 Å². The molecule has 0 saturated carbocycles. The molecule has 0 aromatic heterocycles. The number of rotatable bonds is 2. The molecule has 0 bridgehead atoms. The predicted molar refractivity (Wildman–Crippen MR) is 62.4 cm³/mol. The molecular weight excluding hydrogens is 204 g/mol. The molecule has 1 heterocycles. The van der Waals surface area contributed by atoms with Gasteiger partial charge in [0.15, 0.2) is 0 Å². The molecule has 1 aromatic carbocycles. The van der Waals surface area contributed by atoms with Crippen molar-refractivity contribution < 1.29 is 9.63 Å². The van der Waals surface area contributed by atoms with E-state index in [-0.39, 0.29) is 5.91 Å². The highest BCUT2D eigenvalue weighted by atomic mass is 16.7. The van der Waals surface area contributed by atoms with Gasteiger partial charge in [0, 0.05) is 25.3 Å². The Kier molecular flexibility index (Phi) is 3.10. The molecule has 1 saturated heterocycles. The van der Waals surface area contributed by atoms with Crippen molar-refractivity contribution >= 4 is 11.6 Å². The van der Waals surface area contributed by atoms with Gasteiger partial charge < -0.3 is 4.90 Å². The fourth-order valence-corrected chi connectivity index (χ4v) is 1.65. The summed E-state index contributed by atoms with van der Waals surface area (Å²) >= 11 is 0. The summed E-state index contributed by atoms with van der Waals surface area (Å²) in [5.41, 5.74) is 1.76.